The molecule has 4 rings (SSSR count). The Labute approximate surface area is 137 Å². The monoisotopic (exact) mass is 305 g/mol. The first-order valence-corrected chi connectivity index (χ1v) is 8.61. The third-order valence-electron chi connectivity index (χ3n) is 4.96. The number of benzene rings is 1. The van der Waals surface area contributed by atoms with Crippen molar-refractivity contribution < 1.29 is 0 Å². The second-order valence-corrected chi connectivity index (χ2v) is 6.44. The van der Waals surface area contributed by atoms with Crippen LogP contribution >= 0.6 is 0 Å². The van der Waals surface area contributed by atoms with Crippen molar-refractivity contribution >= 4 is 0 Å². The van der Waals surface area contributed by atoms with Crippen LogP contribution in [0.4, 0.5) is 0 Å². The summed E-state index contributed by atoms with van der Waals surface area (Å²) < 4.78 is 2.14. The number of allylic oxidation sites excluding steroid dienone is 2. The standard InChI is InChI=1S/C20H23N3/c1-3-9-18(10-4-1)23-20-11-7-8-17(19(20)16-21-23)12-15-22-13-5-2-6-14-22/h1-6,9-10,13,16-17H,7-8,11-12,14-15H2. The third-order valence-corrected chi connectivity index (χ3v) is 4.96. The van der Waals surface area contributed by atoms with Crippen molar-refractivity contribution in [2.24, 2.45) is 0 Å². The molecule has 0 N–H and O–H groups in total. The molecule has 2 aromatic rings. The largest absolute Gasteiger partial charge is 0.374 e. The minimum absolute atomic E-state index is 0.649. The molecule has 2 aliphatic rings. The van der Waals surface area contributed by atoms with Crippen molar-refractivity contribution in [3.63, 3.8) is 0 Å². The highest BCUT2D eigenvalue weighted by Crippen LogP contribution is 2.35. The molecule has 1 atom stereocenters. The molecule has 3 heteroatoms. The SMILES string of the molecule is C1=CCN(CCC2CCCc3c2cnn3-c2ccccc2)C=C1. The van der Waals surface area contributed by atoms with E-state index in [4.69, 9.17) is 5.10 Å². The van der Waals surface area contributed by atoms with Gasteiger partial charge in [-0.1, -0.05) is 30.4 Å². The molecule has 0 radical (unpaired) electrons. The van der Waals surface area contributed by atoms with Gasteiger partial charge in [-0.05, 0) is 61.6 Å². The second kappa shape index (κ2) is 6.45. The van der Waals surface area contributed by atoms with Crippen LogP contribution in [0.25, 0.3) is 5.69 Å². The first-order valence-electron chi connectivity index (χ1n) is 8.61. The number of rotatable bonds is 4. The summed E-state index contributed by atoms with van der Waals surface area (Å²) in [6, 6.07) is 10.5. The van der Waals surface area contributed by atoms with Crippen molar-refractivity contribution in [2.45, 2.75) is 31.6 Å². The van der Waals surface area contributed by atoms with Gasteiger partial charge in [-0.15, -0.1) is 0 Å². The van der Waals surface area contributed by atoms with Gasteiger partial charge in [0, 0.05) is 18.8 Å². The van der Waals surface area contributed by atoms with Crippen molar-refractivity contribution in [3.05, 3.63) is 72.2 Å². The lowest BCUT2D eigenvalue weighted by atomic mass is 9.84. The fourth-order valence-corrected chi connectivity index (χ4v) is 3.74. The third kappa shape index (κ3) is 2.96. The Morgan fingerprint density at radius 1 is 1.13 bits per heavy atom. The molecule has 1 aromatic heterocycles. The summed E-state index contributed by atoms with van der Waals surface area (Å²) in [6.45, 7) is 2.17. The highest BCUT2D eigenvalue weighted by atomic mass is 15.3. The number of para-hydroxylation sites is 1. The molecule has 3 nitrogen and oxygen atoms in total. The fourth-order valence-electron chi connectivity index (χ4n) is 3.74. The second-order valence-electron chi connectivity index (χ2n) is 6.44. The van der Waals surface area contributed by atoms with Crippen molar-refractivity contribution in [3.8, 4) is 5.69 Å². The first-order chi connectivity index (χ1) is 11.4. The highest BCUT2D eigenvalue weighted by molar-refractivity contribution is 5.37. The van der Waals surface area contributed by atoms with Gasteiger partial charge in [0.25, 0.3) is 0 Å². The molecule has 2 heterocycles. The van der Waals surface area contributed by atoms with Gasteiger partial charge in [0.15, 0.2) is 0 Å². The van der Waals surface area contributed by atoms with Gasteiger partial charge < -0.3 is 4.90 Å². The molecule has 0 saturated carbocycles. The van der Waals surface area contributed by atoms with E-state index in [-0.39, 0.29) is 0 Å². The molecule has 0 saturated heterocycles. The molecule has 23 heavy (non-hydrogen) atoms. The van der Waals surface area contributed by atoms with Crippen molar-refractivity contribution in [2.75, 3.05) is 13.1 Å². The number of aromatic nitrogens is 2. The van der Waals surface area contributed by atoms with Gasteiger partial charge in [-0.2, -0.15) is 5.10 Å². The van der Waals surface area contributed by atoms with E-state index in [1.54, 1.807) is 0 Å². The zero-order chi connectivity index (χ0) is 15.5. The van der Waals surface area contributed by atoms with Gasteiger partial charge >= 0.3 is 0 Å². The molecule has 0 bridgehead atoms. The average Bonchev–Trinajstić information content (AvgIpc) is 3.06. The summed E-state index contributed by atoms with van der Waals surface area (Å²) >= 11 is 0. The van der Waals surface area contributed by atoms with Crippen LogP contribution in [-0.2, 0) is 6.42 Å². The molecule has 0 spiro atoms. The Bertz CT molecular complexity index is 712. The van der Waals surface area contributed by atoms with Crippen LogP contribution in [0.3, 0.4) is 0 Å². The van der Waals surface area contributed by atoms with Crippen molar-refractivity contribution in [1.82, 2.24) is 14.7 Å². The molecular formula is C20H23N3. The lowest BCUT2D eigenvalue weighted by Gasteiger charge is -2.27. The Balaban J connectivity index is 1.51. The van der Waals surface area contributed by atoms with E-state index in [1.807, 2.05) is 0 Å². The van der Waals surface area contributed by atoms with Crippen LogP contribution in [0.15, 0.2) is 61.0 Å². The molecule has 0 fully saturated rings. The quantitative estimate of drug-likeness (QED) is 0.849. The summed E-state index contributed by atoms with van der Waals surface area (Å²) in [5, 5.41) is 4.69. The highest BCUT2D eigenvalue weighted by Gasteiger charge is 2.24. The fraction of sp³-hybridized carbons (Fsp3) is 0.350. The van der Waals surface area contributed by atoms with E-state index >= 15 is 0 Å². The maximum atomic E-state index is 4.69. The predicted molar refractivity (Wildman–Crippen MR) is 93.7 cm³/mol. The smallest absolute Gasteiger partial charge is 0.0648 e. The van der Waals surface area contributed by atoms with Crippen LogP contribution in [0.1, 0.15) is 36.4 Å². The van der Waals surface area contributed by atoms with Crippen molar-refractivity contribution in [1.29, 1.82) is 0 Å². The maximum Gasteiger partial charge on any atom is 0.0648 e. The van der Waals surface area contributed by atoms with Crippen LogP contribution in [-0.4, -0.2) is 27.8 Å². The zero-order valence-electron chi connectivity index (χ0n) is 13.4. The summed E-state index contributed by atoms with van der Waals surface area (Å²) in [5.41, 5.74) is 4.07. The van der Waals surface area contributed by atoms with Gasteiger partial charge in [-0.3, -0.25) is 0 Å². The van der Waals surface area contributed by atoms with Gasteiger partial charge in [0.05, 0.1) is 11.9 Å². The lowest BCUT2D eigenvalue weighted by molar-refractivity contribution is 0.370. The Kier molecular flexibility index (Phi) is 4.01. The van der Waals surface area contributed by atoms with E-state index in [1.165, 1.54) is 36.2 Å². The summed E-state index contributed by atoms with van der Waals surface area (Å²) in [7, 11) is 0. The maximum absolute atomic E-state index is 4.69. The minimum atomic E-state index is 0.649. The van der Waals surface area contributed by atoms with E-state index in [0.29, 0.717) is 5.92 Å². The van der Waals surface area contributed by atoms with Crippen LogP contribution in [0.5, 0.6) is 0 Å². The molecule has 118 valence electrons. The molecular weight excluding hydrogens is 282 g/mol. The predicted octanol–water partition coefficient (Wildman–Crippen LogP) is 4.07. The van der Waals surface area contributed by atoms with Crippen LogP contribution in [0, 0.1) is 0 Å². The molecule has 1 aliphatic carbocycles. The molecule has 1 unspecified atom stereocenters. The Hall–Kier alpha value is -2.29. The van der Waals surface area contributed by atoms with E-state index < -0.39 is 0 Å². The van der Waals surface area contributed by atoms with Gasteiger partial charge in [0.1, 0.15) is 0 Å². The number of hydrogen-bond donors (Lipinski definition) is 0. The topological polar surface area (TPSA) is 21.1 Å². The summed E-state index contributed by atoms with van der Waals surface area (Å²) in [6.07, 6.45) is 15.7. The summed E-state index contributed by atoms with van der Waals surface area (Å²) in [5.74, 6) is 0.649. The van der Waals surface area contributed by atoms with Gasteiger partial charge in [-0.25, -0.2) is 4.68 Å². The van der Waals surface area contributed by atoms with Gasteiger partial charge in [0.2, 0.25) is 0 Å². The Morgan fingerprint density at radius 3 is 2.87 bits per heavy atom. The minimum Gasteiger partial charge on any atom is -0.374 e. The molecule has 1 aromatic carbocycles. The van der Waals surface area contributed by atoms with E-state index in [9.17, 15) is 0 Å². The molecule has 0 amide bonds. The van der Waals surface area contributed by atoms with Crippen LogP contribution < -0.4 is 0 Å². The van der Waals surface area contributed by atoms with Crippen LogP contribution in [0.2, 0.25) is 0 Å². The lowest BCUT2D eigenvalue weighted by Crippen LogP contribution is -2.23. The Morgan fingerprint density at radius 2 is 2.04 bits per heavy atom. The molecule has 1 aliphatic heterocycles. The number of nitrogens with zero attached hydrogens (tertiary/aromatic N) is 3. The average molecular weight is 305 g/mol. The number of hydrogen-bond acceptors (Lipinski definition) is 2. The van der Waals surface area contributed by atoms with E-state index in [2.05, 4.69) is 70.5 Å². The normalized spacial score (nSPS) is 19.8. The number of fused-ring (bicyclic) bond motifs is 1. The first kappa shape index (κ1) is 14.3. The summed E-state index contributed by atoms with van der Waals surface area (Å²) in [4.78, 5) is 2.40. The zero-order valence-corrected chi connectivity index (χ0v) is 13.4. The van der Waals surface area contributed by atoms with E-state index in [0.717, 1.165) is 19.5 Å².